The SMILES string of the molecule is Cc1cccc(NS(=O)(=O)c2cc(-c3cc(C)[nH]n3)oc2C)c1. The lowest BCUT2D eigenvalue weighted by atomic mass is 10.2. The number of nitrogens with zero attached hydrogens (tertiary/aromatic N) is 1. The number of H-pyrrole nitrogens is 1. The molecule has 6 nitrogen and oxygen atoms in total. The highest BCUT2D eigenvalue weighted by Gasteiger charge is 2.23. The Morgan fingerprint density at radius 3 is 2.57 bits per heavy atom. The fourth-order valence-electron chi connectivity index (χ4n) is 2.32. The van der Waals surface area contributed by atoms with E-state index in [2.05, 4.69) is 14.9 Å². The summed E-state index contributed by atoms with van der Waals surface area (Å²) in [6, 6.07) is 10.5. The highest BCUT2D eigenvalue weighted by Crippen LogP contribution is 2.28. The molecule has 0 amide bonds. The van der Waals surface area contributed by atoms with Crippen LogP contribution >= 0.6 is 0 Å². The van der Waals surface area contributed by atoms with Gasteiger partial charge >= 0.3 is 0 Å². The van der Waals surface area contributed by atoms with Crippen molar-refractivity contribution in [3.63, 3.8) is 0 Å². The molecule has 1 aromatic carbocycles. The van der Waals surface area contributed by atoms with Crippen molar-refractivity contribution in [1.29, 1.82) is 0 Å². The fraction of sp³-hybridized carbons (Fsp3) is 0.188. The second-order valence-corrected chi connectivity index (χ2v) is 7.09. The molecule has 2 aromatic heterocycles. The zero-order valence-corrected chi connectivity index (χ0v) is 13.9. The number of benzene rings is 1. The van der Waals surface area contributed by atoms with Gasteiger partial charge < -0.3 is 4.42 Å². The van der Waals surface area contributed by atoms with Crippen molar-refractivity contribution in [3.05, 3.63) is 53.4 Å². The maximum absolute atomic E-state index is 12.6. The summed E-state index contributed by atoms with van der Waals surface area (Å²) in [6.45, 7) is 5.38. The van der Waals surface area contributed by atoms with Gasteiger partial charge in [0.25, 0.3) is 10.0 Å². The van der Waals surface area contributed by atoms with Gasteiger partial charge in [0, 0.05) is 17.4 Å². The molecule has 0 saturated carbocycles. The number of aromatic nitrogens is 2. The molecule has 7 heteroatoms. The van der Waals surface area contributed by atoms with E-state index in [1.807, 2.05) is 19.9 Å². The first kappa shape index (κ1) is 15.4. The molecule has 0 saturated heterocycles. The van der Waals surface area contributed by atoms with Crippen LogP contribution in [0.15, 0.2) is 45.7 Å². The monoisotopic (exact) mass is 331 g/mol. The molecule has 3 aromatic rings. The maximum Gasteiger partial charge on any atom is 0.265 e. The summed E-state index contributed by atoms with van der Waals surface area (Å²) in [4.78, 5) is 0.106. The zero-order chi connectivity index (χ0) is 16.6. The first-order chi connectivity index (χ1) is 10.8. The highest BCUT2D eigenvalue weighted by atomic mass is 32.2. The van der Waals surface area contributed by atoms with Crippen molar-refractivity contribution in [2.24, 2.45) is 0 Å². The minimum atomic E-state index is -3.72. The molecule has 0 atom stereocenters. The number of hydrogen-bond donors (Lipinski definition) is 2. The standard InChI is InChI=1S/C16H17N3O3S/c1-10-5-4-6-13(7-10)19-23(20,21)16-9-15(22-12(16)3)14-8-11(2)17-18-14/h4-9,19H,1-3H3,(H,17,18). The van der Waals surface area contributed by atoms with E-state index in [1.165, 1.54) is 6.07 Å². The summed E-state index contributed by atoms with van der Waals surface area (Å²) in [5.41, 5.74) is 2.93. The molecule has 3 rings (SSSR count). The van der Waals surface area contributed by atoms with E-state index >= 15 is 0 Å². The van der Waals surface area contributed by atoms with Crippen molar-refractivity contribution in [1.82, 2.24) is 10.2 Å². The van der Waals surface area contributed by atoms with Gasteiger partial charge in [-0.1, -0.05) is 12.1 Å². The molecule has 0 aliphatic carbocycles. The van der Waals surface area contributed by atoms with Crippen LogP contribution < -0.4 is 4.72 Å². The number of hydrogen-bond acceptors (Lipinski definition) is 4. The number of sulfonamides is 1. The Hall–Kier alpha value is -2.54. The summed E-state index contributed by atoms with van der Waals surface area (Å²) in [6.07, 6.45) is 0. The number of aromatic amines is 1. The van der Waals surface area contributed by atoms with Crippen molar-refractivity contribution >= 4 is 15.7 Å². The molecule has 23 heavy (non-hydrogen) atoms. The maximum atomic E-state index is 12.6. The molecule has 120 valence electrons. The predicted octanol–water partition coefficient (Wildman–Crippen LogP) is 3.40. The van der Waals surface area contributed by atoms with Gasteiger partial charge in [-0.3, -0.25) is 9.82 Å². The van der Waals surface area contributed by atoms with Crippen molar-refractivity contribution in [2.75, 3.05) is 4.72 Å². The first-order valence-corrected chi connectivity index (χ1v) is 8.56. The molecule has 0 fully saturated rings. The van der Waals surface area contributed by atoms with E-state index < -0.39 is 10.0 Å². The largest absolute Gasteiger partial charge is 0.458 e. The molecule has 0 bridgehead atoms. The predicted molar refractivity (Wildman–Crippen MR) is 87.8 cm³/mol. The molecular weight excluding hydrogens is 314 g/mol. The normalized spacial score (nSPS) is 11.6. The summed E-state index contributed by atoms with van der Waals surface area (Å²) < 4.78 is 33.3. The second kappa shape index (κ2) is 5.58. The van der Waals surface area contributed by atoms with E-state index in [9.17, 15) is 8.42 Å². The van der Waals surface area contributed by atoms with E-state index in [0.717, 1.165) is 11.3 Å². The Labute approximate surface area is 134 Å². The Morgan fingerprint density at radius 2 is 1.91 bits per heavy atom. The zero-order valence-electron chi connectivity index (χ0n) is 13.0. The second-order valence-electron chi connectivity index (χ2n) is 5.44. The van der Waals surface area contributed by atoms with Crippen LogP contribution in [0.25, 0.3) is 11.5 Å². The van der Waals surface area contributed by atoms with Crippen LogP contribution in [0.5, 0.6) is 0 Å². The molecule has 2 N–H and O–H groups in total. The van der Waals surface area contributed by atoms with Crippen LogP contribution in [0.1, 0.15) is 17.0 Å². The van der Waals surface area contributed by atoms with E-state index in [-0.39, 0.29) is 4.90 Å². The quantitative estimate of drug-likeness (QED) is 0.767. The van der Waals surface area contributed by atoms with Gasteiger partial charge in [0.2, 0.25) is 0 Å². The molecule has 2 heterocycles. The Bertz CT molecular complexity index is 955. The van der Waals surface area contributed by atoms with Crippen molar-refractivity contribution < 1.29 is 12.8 Å². The molecule has 0 aliphatic heterocycles. The van der Waals surface area contributed by atoms with Crippen LogP contribution in [0.3, 0.4) is 0 Å². The van der Waals surface area contributed by atoms with Gasteiger partial charge in [-0.15, -0.1) is 0 Å². The molecular formula is C16H17N3O3S. The lowest BCUT2D eigenvalue weighted by Gasteiger charge is -2.07. The molecule has 0 radical (unpaired) electrons. The topological polar surface area (TPSA) is 88.0 Å². The van der Waals surface area contributed by atoms with Crippen LogP contribution in [-0.2, 0) is 10.0 Å². The molecule has 0 aliphatic rings. The third kappa shape index (κ3) is 3.14. The van der Waals surface area contributed by atoms with Gasteiger partial charge in [-0.05, 0) is 44.5 Å². The summed E-state index contributed by atoms with van der Waals surface area (Å²) in [5.74, 6) is 0.734. The number of furan rings is 1. The molecule has 0 spiro atoms. The third-order valence-corrected chi connectivity index (χ3v) is 4.88. The summed E-state index contributed by atoms with van der Waals surface area (Å²) in [5, 5.41) is 6.89. The summed E-state index contributed by atoms with van der Waals surface area (Å²) >= 11 is 0. The number of rotatable bonds is 4. The average Bonchev–Trinajstić information content (AvgIpc) is 3.04. The lowest BCUT2D eigenvalue weighted by molar-refractivity contribution is 0.534. The third-order valence-electron chi connectivity index (χ3n) is 3.39. The summed E-state index contributed by atoms with van der Waals surface area (Å²) in [7, 11) is -3.72. The van der Waals surface area contributed by atoms with Crippen LogP contribution in [0, 0.1) is 20.8 Å². The number of nitrogens with one attached hydrogen (secondary N) is 2. The molecule has 0 unspecified atom stereocenters. The van der Waals surface area contributed by atoms with Crippen LogP contribution in [0.4, 0.5) is 5.69 Å². The Kier molecular flexibility index (Phi) is 3.73. The van der Waals surface area contributed by atoms with Gasteiger partial charge in [-0.25, -0.2) is 8.42 Å². The van der Waals surface area contributed by atoms with E-state index in [4.69, 9.17) is 4.42 Å². The minimum absolute atomic E-state index is 0.106. The minimum Gasteiger partial charge on any atom is -0.458 e. The average molecular weight is 331 g/mol. The van der Waals surface area contributed by atoms with Crippen molar-refractivity contribution in [2.45, 2.75) is 25.7 Å². The highest BCUT2D eigenvalue weighted by molar-refractivity contribution is 7.92. The van der Waals surface area contributed by atoms with Crippen molar-refractivity contribution in [3.8, 4) is 11.5 Å². The van der Waals surface area contributed by atoms with Gasteiger partial charge in [-0.2, -0.15) is 5.10 Å². The fourth-order valence-corrected chi connectivity index (χ4v) is 3.55. The van der Waals surface area contributed by atoms with Crippen LogP contribution in [0.2, 0.25) is 0 Å². The van der Waals surface area contributed by atoms with Gasteiger partial charge in [0.05, 0.1) is 0 Å². The first-order valence-electron chi connectivity index (χ1n) is 7.07. The Balaban J connectivity index is 1.95. The van der Waals surface area contributed by atoms with Gasteiger partial charge in [0.1, 0.15) is 16.3 Å². The Morgan fingerprint density at radius 1 is 1.13 bits per heavy atom. The van der Waals surface area contributed by atoms with Gasteiger partial charge in [0.15, 0.2) is 5.76 Å². The van der Waals surface area contributed by atoms with Crippen LogP contribution in [-0.4, -0.2) is 18.6 Å². The number of anilines is 1. The van der Waals surface area contributed by atoms with E-state index in [0.29, 0.717) is 22.9 Å². The lowest BCUT2D eigenvalue weighted by Crippen LogP contribution is -2.13. The van der Waals surface area contributed by atoms with E-state index in [1.54, 1.807) is 31.2 Å². The smallest absolute Gasteiger partial charge is 0.265 e. The number of aryl methyl sites for hydroxylation is 3.